The molecule has 0 saturated carbocycles. The van der Waals surface area contributed by atoms with Crippen LogP contribution in [0.4, 0.5) is 0 Å². The van der Waals surface area contributed by atoms with Gasteiger partial charge >= 0.3 is 0 Å². The zero-order chi connectivity index (χ0) is 15.6. The first kappa shape index (κ1) is 15.8. The van der Waals surface area contributed by atoms with Crippen molar-refractivity contribution in [2.24, 2.45) is 0 Å². The Labute approximate surface area is 130 Å². The molecule has 4 heteroatoms. The van der Waals surface area contributed by atoms with Crippen molar-refractivity contribution in [2.45, 2.75) is 40.2 Å². The fraction of sp³-hybridized carbons (Fsp3) is 0.353. The molecule has 1 aromatic carbocycles. The number of ether oxygens (including phenoxy) is 1. The highest BCUT2D eigenvalue weighted by Gasteiger charge is 2.11. The Bertz CT molecular complexity index is 653. The summed E-state index contributed by atoms with van der Waals surface area (Å²) in [6.45, 7) is 7.99. The van der Waals surface area contributed by atoms with Crippen molar-refractivity contribution in [2.75, 3.05) is 0 Å². The number of benzene rings is 1. The molecule has 1 aromatic heterocycles. The number of aliphatic hydroxyl groups is 1. The first-order valence-corrected chi connectivity index (χ1v) is 7.35. The molecular weight excluding hydrogens is 286 g/mol. The molecule has 21 heavy (non-hydrogen) atoms. The second-order valence-corrected chi connectivity index (χ2v) is 5.86. The van der Waals surface area contributed by atoms with Crippen LogP contribution in [0.3, 0.4) is 0 Å². The van der Waals surface area contributed by atoms with Crippen LogP contribution in [0, 0.1) is 13.8 Å². The molecule has 1 N–H and O–H groups in total. The molecule has 0 aliphatic carbocycles. The van der Waals surface area contributed by atoms with Crippen molar-refractivity contribution in [1.82, 2.24) is 4.98 Å². The predicted molar refractivity (Wildman–Crippen MR) is 85.2 cm³/mol. The molecule has 112 valence electrons. The summed E-state index contributed by atoms with van der Waals surface area (Å²) in [7, 11) is 0. The van der Waals surface area contributed by atoms with E-state index in [1.54, 1.807) is 6.07 Å². The van der Waals surface area contributed by atoms with E-state index < -0.39 is 0 Å². The Kier molecular flexibility index (Phi) is 4.86. The second kappa shape index (κ2) is 6.46. The minimum Gasteiger partial charge on any atom is -0.439 e. The fourth-order valence-corrected chi connectivity index (χ4v) is 2.56. The van der Waals surface area contributed by atoms with Crippen LogP contribution < -0.4 is 4.74 Å². The van der Waals surface area contributed by atoms with E-state index in [0.717, 1.165) is 33.2 Å². The molecule has 3 nitrogen and oxygen atoms in total. The van der Waals surface area contributed by atoms with Crippen molar-refractivity contribution >= 4 is 11.6 Å². The van der Waals surface area contributed by atoms with E-state index in [-0.39, 0.29) is 6.61 Å². The normalized spacial score (nSPS) is 11.0. The number of aryl methyl sites for hydroxylation is 2. The van der Waals surface area contributed by atoms with Crippen LogP contribution >= 0.6 is 11.6 Å². The van der Waals surface area contributed by atoms with Crippen molar-refractivity contribution in [3.8, 4) is 11.6 Å². The molecular formula is C17H20ClNO2. The van der Waals surface area contributed by atoms with E-state index in [4.69, 9.17) is 16.3 Å². The molecule has 1 heterocycles. The highest BCUT2D eigenvalue weighted by atomic mass is 35.5. The number of hydrogen-bond acceptors (Lipinski definition) is 3. The maximum Gasteiger partial charge on any atom is 0.219 e. The van der Waals surface area contributed by atoms with E-state index in [1.807, 2.05) is 32.0 Å². The number of aliphatic hydroxyl groups excluding tert-OH is 1. The average molecular weight is 306 g/mol. The van der Waals surface area contributed by atoms with Crippen LogP contribution in [-0.2, 0) is 6.61 Å². The summed E-state index contributed by atoms with van der Waals surface area (Å²) in [5.41, 5.74) is 3.60. The summed E-state index contributed by atoms with van der Waals surface area (Å²) in [4.78, 5) is 4.36. The molecule has 2 rings (SSSR count). The Hall–Kier alpha value is -1.58. The highest BCUT2D eigenvalue weighted by Crippen LogP contribution is 2.33. The monoisotopic (exact) mass is 305 g/mol. The van der Waals surface area contributed by atoms with Crippen LogP contribution in [0.25, 0.3) is 0 Å². The Morgan fingerprint density at radius 2 is 1.95 bits per heavy atom. The third-order valence-electron chi connectivity index (χ3n) is 3.47. The van der Waals surface area contributed by atoms with E-state index in [2.05, 4.69) is 18.8 Å². The first-order chi connectivity index (χ1) is 9.92. The smallest absolute Gasteiger partial charge is 0.219 e. The third kappa shape index (κ3) is 3.55. The molecule has 0 saturated heterocycles. The number of aromatic nitrogens is 1. The predicted octanol–water partition coefficient (Wildman–Crippen LogP) is 4.76. The number of rotatable bonds is 4. The van der Waals surface area contributed by atoms with E-state index in [9.17, 15) is 5.11 Å². The van der Waals surface area contributed by atoms with Crippen molar-refractivity contribution in [1.29, 1.82) is 0 Å². The van der Waals surface area contributed by atoms with E-state index >= 15 is 0 Å². The maximum atomic E-state index is 9.18. The van der Waals surface area contributed by atoms with Crippen LogP contribution in [0.15, 0.2) is 24.3 Å². The molecule has 0 fully saturated rings. The van der Waals surface area contributed by atoms with Gasteiger partial charge in [0.15, 0.2) is 0 Å². The van der Waals surface area contributed by atoms with Gasteiger partial charge in [0.2, 0.25) is 5.88 Å². The molecule has 2 aromatic rings. The SMILES string of the molecule is Cc1cc(Cl)c(C(C)C)cc1Oc1ccc(CO)c(C)n1. The molecule has 0 bridgehead atoms. The minimum absolute atomic E-state index is 0.0173. The van der Waals surface area contributed by atoms with Gasteiger partial charge in [-0.1, -0.05) is 25.4 Å². The first-order valence-electron chi connectivity index (χ1n) is 6.97. The summed E-state index contributed by atoms with van der Waals surface area (Å²) in [6, 6.07) is 7.48. The van der Waals surface area contributed by atoms with Gasteiger partial charge in [-0.2, -0.15) is 0 Å². The molecule has 0 spiro atoms. The lowest BCUT2D eigenvalue weighted by molar-refractivity contribution is 0.280. The van der Waals surface area contributed by atoms with Crippen LogP contribution in [0.1, 0.15) is 42.1 Å². The van der Waals surface area contributed by atoms with Crippen LogP contribution in [0.2, 0.25) is 5.02 Å². The van der Waals surface area contributed by atoms with Gasteiger partial charge in [0.1, 0.15) is 5.75 Å². The molecule has 0 amide bonds. The number of pyridine rings is 1. The summed E-state index contributed by atoms with van der Waals surface area (Å²) in [5, 5.41) is 9.93. The molecule has 0 unspecified atom stereocenters. The quantitative estimate of drug-likeness (QED) is 0.885. The maximum absolute atomic E-state index is 9.18. The largest absolute Gasteiger partial charge is 0.439 e. The Morgan fingerprint density at radius 1 is 1.24 bits per heavy atom. The van der Waals surface area contributed by atoms with Crippen molar-refractivity contribution in [3.63, 3.8) is 0 Å². The minimum atomic E-state index is -0.0173. The highest BCUT2D eigenvalue weighted by molar-refractivity contribution is 6.31. The third-order valence-corrected chi connectivity index (χ3v) is 3.80. The zero-order valence-corrected chi connectivity index (χ0v) is 13.5. The van der Waals surface area contributed by atoms with E-state index in [1.165, 1.54) is 0 Å². The molecule has 0 atom stereocenters. The topological polar surface area (TPSA) is 42.4 Å². The molecule has 0 aliphatic rings. The number of nitrogens with zero attached hydrogens (tertiary/aromatic N) is 1. The number of halogens is 1. The zero-order valence-electron chi connectivity index (χ0n) is 12.8. The Balaban J connectivity index is 2.35. The van der Waals surface area contributed by atoms with Gasteiger partial charge in [0.25, 0.3) is 0 Å². The summed E-state index contributed by atoms with van der Waals surface area (Å²) in [6.07, 6.45) is 0. The van der Waals surface area contributed by atoms with Crippen LogP contribution in [-0.4, -0.2) is 10.1 Å². The fourth-order valence-electron chi connectivity index (χ4n) is 2.12. The number of hydrogen-bond donors (Lipinski definition) is 1. The lowest BCUT2D eigenvalue weighted by Gasteiger charge is -2.14. The standard InChI is InChI=1S/C17H20ClNO2/c1-10(2)14-8-16(11(3)7-15(14)18)21-17-6-5-13(9-20)12(4)19-17/h5-8,10,20H,9H2,1-4H3. The van der Waals surface area contributed by atoms with Crippen LogP contribution in [0.5, 0.6) is 11.6 Å². The van der Waals surface area contributed by atoms with Crippen molar-refractivity contribution in [3.05, 3.63) is 51.7 Å². The van der Waals surface area contributed by atoms with Gasteiger partial charge < -0.3 is 9.84 Å². The van der Waals surface area contributed by atoms with Crippen molar-refractivity contribution < 1.29 is 9.84 Å². The average Bonchev–Trinajstić information content (AvgIpc) is 2.41. The van der Waals surface area contributed by atoms with Gasteiger partial charge in [-0.3, -0.25) is 0 Å². The lowest BCUT2D eigenvalue weighted by Crippen LogP contribution is -1.98. The van der Waals surface area contributed by atoms with Gasteiger partial charge in [-0.25, -0.2) is 4.98 Å². The Morgan fingerprint density at radius 3 is 2.52 bits per heavy atom. The van der Waals surface area contributed by atoms with E-state index in [0.29, 0.717) is 11.8 Å². The van der Waals surface area contributed by atoms with Gasteiger partial charge in [-0.05, 0) is 54.7 Å². The second-order valence-electron chi connectivity index (χ2n) is 5.45. The van der Waals surface area contributed by atoms with Gasteiger partial charge in [0, 0.05) is 16.8 Å². The van der Waals surface area contributed by atoms with Gasteiger partial charge in [-0.15, -0.1) is 0 Å². The molecule has 0 radical (unpaired) electrons. The lowest BCUT2D eigenvalue weighted by atomic mass is 10.0. The van der Waals surface area contributed by atoms with Gasteiger partial charge in [0.05, 0.1) is 6.61 Å². The summed E-state index contributed by atoms with van der Waals surface area (Å²) in [5.74, 6) is 1.60. The summed E-state index contributed by atoms with van der Waals surface area (Å²) < 4.78 is 5.88. The summed E-state index contributed by atoms with van der Waals surface area (Å²) >= 11 is 6.27. The molecule has 0 aliphatic heterocycles.